The third-order valence-corrected chi connectivity index (χ3v) is 2.64. The average Bonchev–Trinajstić information content (AvgIpc) is 2.65. The Bertz CT molecular complexity index is 276. The first kappa shape index (κ1) is 14.2. The van der Waals surface area contributed by atoms with Gasteiger partial charge < -0.3 is 14.8 Å². The zero-order chi connectivity index (χ0) is 12.7. The predicted octanol–water partition coefficient (Wildman–Crippen LogP) is 1.58. The maximum Gasteiger partial charge on any atom is 0.122 e. The molecule has 0 saturated carbocycles. The first-order valence-electron chi connectivity index (χ1n) is 6.45. The monoisotopic (exact) mass is 238 g/mol. The van der Waals surface area contributed by atoms with Crippen LogP contribution in [0.15, 0.2) is 12.4 Å². The zero-order valence-electron chi connectivity index (χ0n) is 11.6. The van der Waals surface area contributed by atoms with Gasteiger partial charge >= 0.3 is 0 Å². The molecule has 0 bridgehead atoms. The quantitative estimate of drug-likeness (QED) is 0.746. The van der Waals surface area contributed by atoms with Crippen LogP contribution in [0.1, 0.15) is 26.1 Å². The Morgan fingerprint density at radius 3 is 2.82 bits per heavy atom. The SMILES string of the molecule is CC(C)CNCc1nccn1CCCN(C)C. The van der Waals surface area contributed by atoms with E-state index in [0.717, 1.165) is 32.0 Å². The van der Waals surface area contributed by atoms with E-state index in [1.165, 1.54) is 6.42 Å². The summed E-state index contributed by atoms with van der Waals surface area (Å²) in [7, 11) is 4.22. The molecule has 1 rings (SSSR count). The Morgan fingerprint density at radius 2 is 2.18 bits per heavy atom. The van der Waals surface area contributed by atoms with Crippen molar-refractivity contribution in [1.29, 1.82) is 0 Å². The molecule has 0 aliphatic heterocycles. The van der Waals surface area contributed by atoms with Crippen molar-refractivity contribution in [2.45, 2.75) is 33.4 Å². The average molecular weight is 238 g/mol. The van der Waals surface area contributed by atoms with E-state index in [1.807, 2.05) is 6.20 Å². The van der Waals surface area contributed by atoms with Gasteiger partial charge in [0.15, 0.2) is 0 Å². The van der Waals surface area contributed by atoms with Crippen molar-refractivity contribution in [3.8, 4) is 0 Å². The van der Waals surface area contributed by atoms with Gasteiger partial charge in [-0.1, -0.05) is 13.8 Å². The molecule has 4 nitrogen and oxygen atoms in total. The van der Waals surface area contributed by atoms with E-state index in [4.69, 9.17) is 0 Å². The number of rotatable bonds is 8. The summed E-state index contributed by atoms with van der Waals surface area (Å²) in [6, 6.07) is 0. The molecule has 0 atom stereocenters. The van der Waals surface area contributed by atoms with Crippen LogP contribution in [0.3, 0.4) is 0 Å². The molecule has 0 aliphatic carbocycles. The molecule has 1 aromatic heterocycles. The van der Waals surface area contributed by atoms with Crippen molar-refractivity contribution in [2.24, 2.45) is 5.92 Å². The number of nitrogens with zero attached hydrogens (tertiary/aromatic N) is 3. The maximum atomic E-state index is 4.40. The summed E-state index contributed by atoms with van der Waals surface area (Å²) in [5.74, 6) is 1.83. The molecular formula is C13H26N4. The molecule has 0 unspecified atom stereocenters. The Labute approximate surface area is 105 Å². The third-order valence-electron chi connectivity index (χ3n) is 2.64. The summed E-state index contributed by atoms with van der Waals surface area (Å²) < 4.78 is 2.25. The van der Waals surface area contributed by atoms with Gasteiger partial charge in [0.1, 0.15) is 5.82 Å². The molecule has 1 aromatic rings. The number of imidazole rings is 1. The van der Waals surface area contributed by atoms with Gasteiger partial charge in [-0.25, -0.2) is 4.98 Å². The van der Waals surface area contributed by atoms with Crippen molar-refractivity contribution in [3.05, 3.63) is 18.2 Å². The van der Waals surface area contributed by atoms with E-state index in [1.54, 1.807) is 0 Å². The summed E-state index contributed by atoms with van der Waals surface area (Å²) in [5, 5.41) is 3.43. The van der Waals surface area contributed by atoms with Gasteiger partial charge in [-0.2, -0.15) is 0 Å². The van der Waals surface area contributed by atoms with Gasteiger partial charge in [-0.15, -0.1) is 0 Å². The molecule has 98 valence electrons. The van der Waals surface area contributed by atoms with Gasteiger partial charge in [0, 0.05) is 18.9 Å². The lowest BCUT2D eigenvalue weighted by atomic mass is 10.2. The molecule has 0 fully saturated rings. The van der Waals surface area contributed by atoms with E-state index in [-0.39, 0.29) is 0 Å². The van der Waals surface area contributed by atoms with Crippen LogP contribution in [-0.2, 0) is 13.1 Å². The summed E-state index contributed by atoms with van der Waals surface area (Å²) in [4.78, 5) is 6.61. The predicted molar refractivity (Wildman–Crippen MR) is 71.9 cm³/mol. The second kappa shape index (κ2) is 7.45. The van der Waals surface area contributed by atoms with Crippen LogP contribution in [0.2, 0.25) is 0 Å². The van der Waals surface area contributed by atoms with E-state index < -0.39 is 0 Å². The van der Waals surface area contributed by atoms with Gasteiger partial charge in [-0.3, -0.25) is 0 Å². The van der Waals surface area contributed by atoms with Gasteiger partial charge in [0.05, 0.1) is 6.54 Å². The largest absolute Gasteiger partial charge is 0.334 e. The number of hydrogen-bond acceptors (Lipinski definition) is 3. The Morgan fingerprint density at radius 1 is 1.41 bits per heavy atom. The van der Waals surface area contributed by atoms with Crippen LogP contribution in [0.4, 0.5) is 0 Å². The minimum Gasteiger partial charge on any atom is -0.334 e. The van der Waals surface area contributed by atoms with Crippen molar-refractivity contribution in [3.63, 3.8) is 0 Å². The van der Waals surface area contributed by atoms with Crippen molar-refractivity contribution in [2.75, 3.05) is 27.2 Å². The summed E-state index contributed by atoms with van der Waals surface area (Å²) >= 11 is 0. The number of hydrogen-bond donors (Lipinski definition) is 1. The van der Waals surface area contributed by atoms with Crippen LogP contribution < -0.4 is 5.32 Å². The van der Waals surface area contributed by atoms with Gasteiger partial charge in [0.2, 0.25) is 0 Å². The lowest BCUT2D eigenvalue weighted by Gasteiger charge is -2.12. The lowest BCUT2D eigenvalue weighted by Crippen LogP contribution is -2.22. The first-order valence-corrected chi connectivity index (χ1v) is 6.45. The van der Waals surface area contributed by atoms with Crippen LogP contribution in [-0.4, -0.2) is 41.6 Å². The van der Waals surface area contributed by atoms with Crippen LogP contribution in [0.25, 0.3) is 0 Å². The van der Waals surface area contributed by atoms with Crippen molar-refractivity contribution >= 4 is 0 Å². The summed E-state index contributed by atoms with van der Waals surface area (Å²) in [6.45, 7) is 8.53. The fourth-order valence-electron chi connectivity index (χ4n) is 1.74. The zero-order valence-corrected chi connectivity index (χ0v) is 11.6. The Kier molecular flexibility index (Phi) is 6.22. The van der Waals surface area contributed by atoms with Crippen molar-refractivity contribution < 1.29 is 0 Å². The van der Waals surface area contributed by atoms with E-state index in [2.05, 4.69) is 53.9 Å². The molecule has 0 radical (unpaired) electrons. The molecule has 0 spiro atoms. The lowest BCUT2D eigenvalue weighted by molar-refractivity contribution is 0.383. The highest BCUT2D eigenvalue weighted by molar-refractivity contribution is 4.91. The Hall–Kier alpha value is -0.870. The van der Waals surface area contributed by atoms with Crippen LogP contribution in [0.5, 0.6) is 0 Å². The topological polar surface area (TPSA) is 33.1 Å². The molecule has 0 aliphatic rings. The standard InChI is InChI=1S/C13H26N4/c1-12(2)10-14-11-13-15-6-9-17(13)8-5-7-16(3)4/h6,9,12,14H,5,7-8,10-11H2,1-4H3. The fraction of sp³-hybridized carbons (Fsp3) is 0.769. The normalized spacial score (nSPS) is 11.6. The third kappa shape index (κ3) is 5.84. The maximum absolute atomic E-state index is 4.40. The van der Waals surface area contributed by atoms with E-state index in [9.17, 15) is 0 Å². The molecule has 0 amide bonds. The van der Waals surface area contributed by atoms with Crippen molar-refractivity contribution in [1.82, 2.24) is 19.8 Å². The molecule has 0 saturated heterocycles. The van der Waals surface area contributed by atoms with E-state index >= 15 is 0 Å². The molecular weight excluding hydrogens is 212 g/mol. The number of aromatic nitrogens is 2. The highest BCUT2D eigenvalue weighted by atomic mass is 15.1. The molecule has 1 N–H and O–H groups in total. The number of aryl methyl sites for hydroxylation is 1. The smallest absolute Gasteiger partial charge is 0.122 e. The van der Waals surface area contributed by atoms with Crippen LogP contribution >= 0.6 is 0 Å². The molecule has 4 heteroatoms. The van der Waals surface area contributed by atoms with E-state index in [0.29, 0.717) is 5.92 Å². The highest BCUT2D eigenvalue weighted by Gasteiger charge is 2.02. The molecule has 17 heavy (non-hydrogen) atoms. The highest BCUT2D eigenvalue weighted by Crippen LogP contribution is 2.00. The minimum atomic E-state index is 0.687. The van der Waals surface area contributed by atoms with Gasteiger partial charge in [-0.05, 0) is 39.5 Å². The molecule has 1 heterocycles. The summed E-state index contributed by atoms with van der Waals surface area (Å²) in [5.41, 5.74) is 0. The second-order valence-corrected chi connectivity index (χ2v) is 5.22. The van der Waals surface area contributed by atoms with Crippen LogP contribution in [0, 0.1) is 5.92 Å². The number of nitrogens with one attached hydrogen (secondary N) is 1. The minimum absolute atomic E-state index is 0.687. The van der Waals surface area contributed by atoms with Gasteiger partial charge in [0.25, 0.3) is 0 Å². The fourth-order valence-corrected chi connectivity index (χ4v) is 1.74. The summed E-state index contributed by atoms with van der Waals surface area (Å²) in [6.07, 6.45) is 5.13. The first-order chi connectivity index (χ1) is 8.09. The Balaban J connectivity index is 2.32. The second-order valence-electron chi connectivity index (χ2n) is 5.22. The molecule has 0 aromatic carbocycles.